The van der Waals surface area contributed by atoms with Gasteiger partial charge in [-0.05, 0) is 37.3 Å². The fourth-order valence-corrected chi connectivity index (χ4v) is 1.68. The third-order valence-corrected chi connectivity index (χ3v) is 2.92. The molecule has 0 aliphatic rings. The van der Waals surface area contributed by atoms with Gasteiger partial charge in [-0.15, -0.1) is 0 Å². The van der Waals surface area contributed by atoms with Crippen molar-refractivity contribution in [1.29, 1.82) is 0 Å². The molecule has 0 heterocycles. The summed E-state index contributed by atoms with van der Waals surface area (Å²) < 4.78 is 14.9. The highest BCUT2D eigenvalue weighted by molar-refractivity contribution is 7.80. The van der Waals surface area contributed by atoms with Crippen LogP contribution in [0.4, 0.5) is 9.59 Å². The van der Waals surface area contributed by atoms with Crippen LogP contribution in [0.2, 0.25) is 0 Å². The number of ether oxygens (including phenoxy) is 3. The molecule has 144 valence electrons. The van der Waals surface area contributed by atoms with Crippen molar-refractivity contribution in [3.05, 3.63) is 0 Å². The van der Waals surface area contributed by atoms with E-state index in [4.69, 9.17) is 38.6 Å². The van der Waals surface area contributed by atoms with Crippen molar-refractivity contribution in [3.63, 3.8) is 0 Å². The highest BCUT2D eigenvalue weighted by Gasteiger charge is 2.06. The number of nitrogens with one attached hydrogen (secondary N) is 4. The number of thiocarbonyl (C=S) groups is 2. The zero-order valence-electron chi connectivity index (χ0n) is 14.5. The van der Waals surface area contributed by atoms with E-state index in [1.165, 1.54) is 0 Å². The molecule has 0 aliphatic heterocycles. The molecule has 0 aliphatic carbocycles. The zero-order valence-corrected chi connectivity index (χ0v) is 16.1. The van der Waals surface area contributed by atoms with Crippen LogP contribution in [-0.4, -0.2) is 61.9 Å². The standard InChI is InChI=1S/C14H26N4O5S2/c1-3-5-15-11(24)17-13(19)22-9-7-21-8-10-23-14(20)18-12(25)16-6-4-2/h3-10H2,1-2H3,(H2,15,17,19,24)(H2,16,18,20,25). The number of hydrogen-bond acceptors (Lipinski definition) is 7. The highest BCUT2D eigenvalue weighted by Crippen LogP contribution is 1.84. The average Bonchev–Trinajstić information content (AvgIpc) is 2.57. The Labute approximate surface area is 158 Å². The van der Waals surface area contributed by atoms with Gasteiger partial charge >= 0.3 is 12.2 Å². The Morgan fingerprint density at radius 2 is 1.16 bits per heavy atom. The quantitative estimate of drug-likeness (QED) is 0.319. The number of alkyl carbamates (subject to hydrolysis) is 2. The van der Waals surface area contributed by atoms with E-state index in [1.54, 1.807) is 0 Å². The molecule has 2 amide bonds. The summed E-state index contributed by atoms with van der Waals surface area (Å²) in [5.41, 5.74) is 0. The van der Waals surface area contributed by atoms with Gasteiger partial charge in [-0.25, -0.2) is 9.59 Å². The maximum atomic E-state index is 11.4. The second-order valence-corrected chi connectivity index (χ2v) is 5.46. The lowest BCUT2D eigenvalue weighted by atomic mass is 10.5. The minimum absolute atomic E-state index is 0.0550. The number of rotatable bonds is 10. The Morgan fingerprint density at radius 1 is 0.760 bits per heavy atom. The summed E-state index contributed by atoms with van der Waals surface area (Å²) in [6.07, 6.45) is 0.486. The molecule has 25 heavy (non-hydrogen) atoms. The molecule has 4 N–H and O–H groups in total. The Hall–Kier alpha value is -1.72. The molecule has 0 aromatic rings. The second-order valence-electron chi connectivity index (χ2n) is 4.65. The van der Waals surface area contributed by atoms with E-state index in [0.717, 1.165) is 12.8 Å². The van der Waals surface area contributed by atoms with E-state index in [-0.39, 0.29) is 36.7 Å². The van der Waals surface area contributed by atoms with Gasteiger partial charge in [-0.1, -0.05) is 13.8 Å². The third-order valence-electron chi connectivity index (χ3n) is 2.42. The molecule has 0 rings (SSSR count). The summed E-state index contributed by atoms with van der Waals surface area (Å²) in [5, 5.41) is 10.9. The van der Waals surface area contributed by atoms with Gasteiger partial charge in [0.25, 0.3) is 0 Å². The number of carbonyl (C=O) groups excluding carboxylic acids is 2. The first-order valence-corrected chi connectivity index (χ1v) is 8.82. The molecule has 0 saturated heterocycles. The van der Waals surface area contributed by atoms with Gasteiger partial charge in [-0.2, -0.15) is 0 Å². The normalized spacial score (nSPS) is 9.68. The van der Waals surface area contributed by atoms with Crippen molar-refractivity contribution < 1.29 is 23.8 Å². The number of hydrogen-bond donors (Lipinski definition) is 4. The summed E-state index contributed by atoms with van der Waals surface area (Å²) in [7, 11) is 0. The van der Waals surface area contributed by atoms with Gasteiger partial charge in [-0.3, -0.25) is 10.6 Å². The van der Waals surface area contributed by atoms with Crippen molar-refractivity contribution in [2.24, 2.45) is 0 Å². The van der Waals surface area contributed by atoms with Crippen molar-refractivity contribution >= 4 is 46.8 Å². The van der Waals surface area contributed by atoms with Gasteiger partial charge in [0, 0.05) is 13.1 Å². The molecular formula is C14H26N4O5S2. The molecule has 9 nitrogen and oxygen atoms in total. The van der Waals surface area contributed by atoms with Crippen LogP contribution in [0.3, 0.4) is 0 Å². The van der Waals surface area contributed by atoms with Crippen molar-refractivity contribution in [2.75, 3.05) is 39.5 Å². The average molecular weight is 395 g/mol. The van der Waals surface area contributed by atoms with E-state index in [9.17, 15) is 9.59 Å². The Balaban J connectivity index is 3.51. The second kappa shape index (κ2) is 15.8. The van der Waals surface area contributed by atoms with Gasteiger partial charge in [0.05, 0.1) is 13.2 Å². The van der Waals surface area contributed by atoms with Crippen molar-refractivity contribution in [3.8, 4) is 0 Å². The summed E-state index contributed by atoms with van der Waals surface area (Å²) >= 11 is 9.77. The molecule has 0 bridgehead atoms. The SMILES string of the molecule is CCCNC(=S)NC(=O)OCCOCCOC(=O)NC(=S)NCCC. The van der Waals surface area contributed by atoms with Crippen LogP contribution >= 0.6 is 24.4 Å². The fourth-order valence-electron chi connectivity index (χ4n) is 1.31. The van der Waals surface area contributed by atoms with Crippen molar-refractivity contribution in [1.82, 2.24) is 21.3 Å². The lowest BCUT2D eigenvalue weighted by molar-refractivity contribution is 0.0475. The predicted molar refractivity (Wildman–Crippen MR) is 102 cm³/mol. The first kappa shape index (κ1) is 23.3. The highest BCUT2D eigenvalue weighted by atomic mass is 32.1. The minimum Gasteiger partial charge on any atom is -0.447 e. The summed E-state index contributed by atoms with van der Waals surface area (Å²) in [6, 6.07) is 0. The maximum absolute atomic E-state index is 11.4. The largest absolute Gasteiger partial charge is 0.447 e. The topological polar surface area (TPSA) is 110 Å². The first-order chi connectivity index (χ1) is 12.0. The zero-order chi connectivity index (χ0) is 18.9. The van der Waals surface area contributed by atoms with Crippen LogP contribution in [-0.2, 0) is 14.2 Å². The van der Waals surface area contributed by atoms with Crippen LogP contribution in [0.5, 0.6) is 0 Å². The Kier molecular flexibility index (Phi) is 14.7. The number of carbonyl (C=O) groups is 2. The van der Waals surface area contributed by atoms with Gasteiger partial charge < -0.3 is 24.8 Å². The van der Waals surface area contributed by atoms with Crippen LogP contribution in [0.25, 0.3) is 0 Å². The van der Waals surface area contributed by atoms with Crippen molar-refractivity contribution in [2.45, 2.75) is 26.7 Å². The van der Waals surface area contributed by atoms with Crippen LogP contribution in [0, 0.1) is 0 Å². The number of amides is 2. The Morgan fingerprint density at radius 3 is 1.52 bits per heavy atom. The van der Waals surface area contributed by atoms with E-state index in [0.29, 0.717) is 13.1 Å². The molecule has 0 unspecified atom stereocenters. The van der Waals surface area contributed by atoms with Crippen LogP contribution < -0.4 is 21.3 Å². The monoisotopic (exact) mass is 394 g/mol. The molecular weight excluding hydrogens is 368 g/mol. The summed E-state index contributed by atoms with van der Waals surface area (Å²) in [5.74, 6) is 0. The molecule has 0 fully saturated rings. The maximum Gasteiger partial charge on any atom is 0.413 e. The lowest BCUT2D eigenvalue weighted by Crippen LogP contribution is -2.40. The third kappa shape index (κ3) is 15.5. The van der Waals surface area contributed by atoms with Gasteiger partial charge in [0.15, 0.2) is 10.2 Å². The summed E-state index contributed by atoms with van der Waals surface area (Å²) in [6.45, 7) is 5.77. The smallest absolute Gasteiger partial charge is 0.413 e. The van der Waals surface area contributed by atoms with Gasteiger partial charge in [0.1, 0.15) is 13.2 Å². The minimum atomic E-state index is -0.652. The summed E-state index contributed by atoms with van der Waals surface area (Å²) in [4.78, 5) is 22.7. The van der Waals surface area contributed by atoms with Crippen LogP contribution in [0.1, 0.15) is 26.7 Å². The van der Waals surface area contributed by atoms with E-state index >= 15 is 0 Å². The molecule has 0 atom stereocenters. The molecule has 0 aromatic carbocycles. The molecule has 11 heteroatoms. The Bertz CT molecular complexity index is 399. The first-order valence-electron chi connectivity index (χ1n) is 8.00. The van der Waals surface area contributed by atoms with Gasteiger partial charge in [0.2, 0.25) is 0 Å². The van der Waals surface area contributed by atoms with E-state index < -0.39 is 12.2 Å². The van der Waals surface area contributed by atoms with Crippen LogP contribution in [0.15, 0.2) is 0 Å². The van der Waals surface area contributed by atoms with E-state index in [2.05, 4.69) is 21.3 Å². The molecule has 0 radical (unpaired) electrons. The molecule has 0 aromatic heterocycles. The fraction of sp³-hybridized carbons (Fsp3) is 0.714. The molecule has 0 saturated carbocycles. The predicted octanol–water partition coefficient (Wildman–Crippen LogP) is 1.02. The lowest BCUT2D eigenvalue weighted by Gasteiger charge is -2.10. The molecule has 0 spiro atoms. The van der Waals surface area contributed by atoms with E-state index in [1.807, 2.05) is 13.8 Å².